The maximum atomic E-state index is 11.9. The van der Waals surface area contributed by atoms with Crippen molar-refractivity contribution in [3.63, 3.8) is 0 Å². The van der Waals surface area contributed by atoms with E-state index in [1.807, 2.05) is 6.92 Å². The number of H-pyrrole nitrogens is 1. The first kappa shape index (κ1) is 12.4. The molecular weight excluding hydrogens is 244 g/mol. The van der Waals surface area contributed by atoms with Crippen LogP contribution in [0.15, 0.2) is 9.59 Å². The molecule has 1 saturated heterocycles. The van der Waals surface area contributed by atoms with Crippen molar-refractivity contribution >= 4 is 11.6 Å². The van der Waals surface area contributed by atoms with Crippen LogP contribution in [0.2, 0.25) is 5.15 Å². The van der Waals surface area contributed by atoms with Gasteiger partial charge < -0.3 is 4.74 Å². The molecule has 17 heavy (non-hydrogen) atoms. The summed E-state index contributed by atoms with van der Waals surface area (Å²) < 4.78 is 6.62. The molecular formula is C11H15ClN2O3. The van der Waals surface area contributed by atoms with Gasteiger partial charge in [0.2, 0.25) is 0 Å². The fourth-order valence-corrected chi connectivity index (χ4v) is 2.22. The van der Waals surface area contributed by atoms with E-state index in [0.29, 0.717) is 18.7 Å². The maximum Gasteiger partial charge on any atom is 0.329 e. The first-order valence-corrected chi connectivity index (χ1v) is 5.99. The summed E-state index contributed by atoms with van der Waals surface area (Å²) in [7, 11) is 0. The Kier molecular flexibility index (Phi) is 3.40. The average Bonchev–Trinajstić information content (AvgIpc) is 2.67. The van der Waals surface area contributed by atoms with Crippen LogP contribution in [0.25, 0.3) is 0 Å². The van der Waals surface area contributed by atoms with Crippen LogP contribution in [-0.4, -0.2) is 22.3 Å². The molecule has 1 N–H and O–H groups in total. The minimum Gasteiger partial charge on any atom is -0.378 e. The van der Waals surface area contributed by atoms with Crippen LogP contribution < -0.4 is 11.2 Å². The van der Waals surface area contributed by atoms with Crippen molar-refractivity contribution in [3.05, 3.63) is 31.6 Å². The van der Waals surface area contributed by atoms with E-state index in [4.69, 9.17) is 16.3 Å². The Balaban J connectivity index is 2.36. The van der Waals surface area contributed by atoms with Crippen LogP contribution in [0, 0.1) is 12.8 Å². The van der Waals surface area contributed by atoms with Crippen molar-refractivity contribution in [2.24, 2.45) is 5.92 Å². The molecule has 1 aromatic heterocycles. The van der Waals surface area contributed by atoms with Crippen LogP contribution in [0.1, 0.15) is 18.9 Å². The predicted molar refractivity (Wildman–Crippen MR) is 64.6 cm³/mol. The molecule has 0 radical (unpaired) electrons. The third-order valence-corrected chi connectivity index (χ3v) is 3.69. The molecule has 2 unspecified atom stereocenters. The molecule has 1 fully saturated rings. The molecule has 2 atom stereocenters. The summed E-state index contributed by atoms with van der Waals surface area (Å²) in [5.74, 6) is 0.203. The fourth-order valence-electron chi connectivity index (χ4n) is 2.06. The fraction of sp³-hybridized carbons (Fsp3) is 0.636. The third-order valence-electron chi connectivity index (χ3n) is 3.31. The second kappa shape index (κ2) is 4.66. The zero-order valence-corrected chi connectivity index (χ0v) is 10.6. The zero-order valence-electron chi connectivity index (χ0n) is 9.83. The quantitative estimate of drug-likeness (QED) is 0.803. The topological polar surface area (TPSA) is 64.1 Å². The summed E-state index contributed by atoms with van der Waals surface area (Å²) >= 11 is 5.74. The van der Waals surface area contributed by atoms with Crippen LogP contribution in [0.5, 0.6) is 0 Å². The summed E-state index contributed by atoms with van der Waals surface area (Å²) in [5.41, 5.74) is -0.402. The molecule has 0 aliphatic carbocycles. The number of nitrogens with zero attached hydrogens (tertiary/aromatic N) is 1. The highest BCUT2D eigenvalue weighted by molar-refractivity contribution is 6.30. The van der Waals surface area contributed by atoms with Gasteiger partial charge in [0, 0.05) is 24.6 Å². The standard InChI is InChI=1S/C11H15ClN2O3/c1-6-9(12)13-11(16)14(10(6)15)5-8-3-4-17-7(8)2/h7-8H,3-5H2,1-2H3,(H,13,16). The monoisotopic (exact) mass is 258 g/mol. The molecule has 2 heterocycles. The zero-order chi connectivity index (χ0) is 12.6. The SMILES string of the molecule is Cc1c(Cl)[nH]c(=O)n(CC2CCOC2C)c1=O. The average molecular weight is 259 g/mol. The molecule has 2 rings (SSSR count). The van der Waals surface area contributed by atoms with E-state index in [1.165, 1.54) is 4.57 Å². The molecule has 1 aliphatic rings. The summed E-state index contributed by atoms with van der Waals surface area (Å²) in [4.78, 5) is 26.1. The van der Waals surface area contributed by atoms with Crippen LogP contribution in [-0.2, 0) is 11.3 Å². The van der Waals surface area contributed by atoms with Crippen molar-refractivity contribution in [3.8, 4) is 0 Å². The van der Waals surface area contributed by atoms with E-state index >= 15 is 0 Å². The Morgan fingerprint density at radius 3 is 2.82 bits per heavy atom. The lowest BCUT2D eigenvalue weighted by molar-refractivity contribution is 0.101. The largest absolute Gasteiger partial charge is 0.378 e. The highest BCUT2D eigenvalue weighted by atomic mass is 35.5. The van der Waals surface area contributed by atoms with Gasteiger partial charge in [0.05, 0.1) is 6.10 Å². The number of hydrogen-bond donors (Lipinski definition) is 1. The molecule has 0 spiro atoms. The summed E-state index contributed by atoms with van der Waals surface area (Å²) in [6.45, 7) is 4.63. The van der Waals surface area contributed by atoms with Crippen LogP contribution in [0.4, 0.5) is 0 Å². The molecule has 1 aliphatic heterocycles. The highest BCUT2D eigenvalue weighted by Gasteiger charge is 2.25. The van der Waals surface area contributed by atoms with E-state index in [0.717, 1.165) is 6.42 Å². The van der Waals surface area contributed by atoms with E-state index in [2.05, 4.69) is 4.98 Å². The summed E-state index contributed by atoms with van der Waals surface area (Å²) in [6, 6.07) is 0. The molecule has 5 nitrogen and oxygen atoms in total. The van der Waals surface area contributed by atoms with Crippen molar-refractivity contribution < 1.29 is 4.74 Å². The van der Waals surface area contributed by atoms with Gasteiger partial charge in [0.15, 0.2) is 0 Å². The van der Waals surface area contributed by atoms with E-state index in [9.17, 15) is 9.59 Å². The smallest absolute Gasteiger partial charge is 0.329 e. The number of rotatable bonds is 2. The van der Waals surface area contributed by atoms with Crippen molar-refractivity contribution in [2.45, 2.75) is 32.9 Å². The normalized spacial score (nSPS) is 24.2. The lowest BCUT2D eigenvalue weighted by Gasteiger charge is -2.15. The van der Waals surface area contributed by atoms with Gasteiger partial charge in [-0.25, -0.2) is 4.79 Å². The Labute approximate surface area is 103 Å². The van der Waals surface area contributed by atoms with Gasteiger partial charge in [0.1, 0.15) is 5.15 Å². The number of hydrogen-bond acceptors (Lipinski definition) is 3. The third kappa shape index (κ3) is 2.30. The lowest BCUT2D eigenvalue weighted by Crippen LogP contribution is -2.39. The molecule has 0 aromatic carbocycles. The van der Waals surface area contributed by atoms with E-state index in [-0.39, 0.29) is 22.7 Å². The highest BCUT2D eigenvalue weighted by Crippen LogP contribution is 2.21. The predicted octanol–water partition coefficient (Wildman–Crippen LogP) is 0.923. The second-order valence-electron chi connectivity index (χ2n) is 4.41. The lowest BCUT2D eigenvalue weighted by atomic mass is 10.0. The number of aromatic nitrogens is 2. The summed E-state index contributed by atoms with van der Waals surface area (Å²) in [5, 5.41) is 0.118. The first-order chi connectivity index (χ1) is 8.00. The Hall–Kier alpha value is -1.07. The van der Waals surface area contributed by atoms with Crippen LogP contribution >= 0.6 is 11.6 Å². The first-order valence-electron chi connectivity index (χ1n) is 5.61. The maximum absolute atomic E-state index is 11.9. The van der Waals surface area contributed by atoms with Crippen LogP contribution in [0.3, 0.4) is 0 Å². The van der Waals surface area contributed by atoms with Crippen molar-refractivity contribution in [2.75, 3.05) is 6.61 Å². The minimum atomic E-state index is -0.454. The second-order valence-corrected chi connectivity index (χ2v) is 4.79. The Morgan fingerprint density at radius 1 is 1.53 bits per heavy atom. The number of nitrogens with one attached hydrogen (secondary N) is 1. The van der Waals surface area contributed by atoms with Crippen molar-refractivity contribution in [1.29, 1.82) is 0 Å². The van der Waals surface area contributed by atoms with Gasteiger partial charge in [-0.3, -0.25) is 14.3 Å². The molecule has 0 bridgehead atoms. The molecule has 94 valence electrons. The number of halogens is 1. The van der Waals surface area contributed by atoms with Crippen molar-refractivity contribution in [1.82, 2.24) is 9.55 Å². The number of ether oxygens (including phenoxy) is 1. The molecule has 1 aromatic rings. The van der Waals surface area contributed by atoms with Gasteiger partial charge in [-0.15, -0.1) is 0 Å². The Morgan fingerprint density at radius 2 is 2.24 bits per heavy atom. The molecule has 6 heteroatoms. The molecule has 0 saturated carbocycles. The Bertz CT molecular complexity index is 534. The van der Waals surface area contributed by atoms with Gasteiger partial charge >= 0.3 is 5.69 Å². The van der Waals surface area contributed by atoms with E-state index in [1.54, 1.807) is 6.92 Å². The van der Waals surface area contributed by atoms with Gasteiger partial charge in [-0.05, 0) is 20.3 Å². The van der Waals surface area contributed by atoms with Gasteiger partial charge in [0.25, 0.3) is 5.56 Å². The number of aromatic amines is 1. The van der Waals surface area contributed by atoms with Gasteiger partial charge in [-0.2, -0.15) is 0 Å². The minimum absolute atomic E-state index is 0.0808. The van der Waals surface area contributed by atoms with Gasteiger partial charge in [-0.1, -0.05) is 11.6 Å². The molecule has 0 amide bonds. The summed E-state index contributed by atoms with van der Waals surface area (Å²) in [6.07, 6.45) is 0.951. The van der Waals surface area contributed by atoms with E-state index < -0.39 is 5.69 Å².